The summed E-state index contributed by atoms with van der Waals surface area (Å²) in [6.07, 6.45) is -2.96. The summed E-state index contributed by atoms with van der Waals surface area (Å²) < 4.78 is 36.6. The predicted octanol–water partition coefficient (Wildman–Crippen LogP) is 2.72. The maximum absolute atomic E-state index is 12.2. The van der Waals surface area contributed by atoms with Crippen LogP contribution in [0.3, 0.4) is 0 Å². The van der Waals surface area contributed by atoms with Crippen LogP contribution in [0, 0.1) is 11.8 Å². The quantitative estimate of drug-likeness (QED) is 0.229. The number of alkyl halides is 3. The Hall–Kier alpha value is -3.17. The number of carbonyl (C=O) groups excluding carboxylic acids is 2. The van der Waals surface area contributed by atoms with Gasteiger partial charge in [-0.25, -0.2) is 9.97 Å². The summed E-state index contributed by atoms with van der Waals surface area (Å²) in [5, 5.41) is 4.70. The molecule has 0 atom stereocenters. The molecule has 2 aromatic rings. The van der Waals surface area contributed by atoms with E-state index in [1.54, 1.807) is 24.3 Å². The summed E-state index contributed by atoms with van der Waals surface area (Å²) in [6, 6.07) is 8.04. The SMILES string of the molecule is O=C1c2ccccc2C(=O)N1CC#CCSc1nccc(NC(=S)NCC(F)(F)F)n1. The molecule has 0 saturated carbocycles. The van der Waals surface area contributed by atoms with E-state index >= 15 is 0 Å². The first-order valence-corrected chi connectivity index (χ1v) is 10.1. The molecule has 7 nitrogen and oxygen atoms in total. The Morgan fingerprint density at radius 2 is 1.81 bits per heavy atom. The smallest absolute Gasteiger partial charge is 0.353 e. The van der Waals surface area contributed by atoms with Crippen LogP contribution >= 0.6 is 24.0 Å². The van der Waals surface area contributed by atoms with Gasteiger partial charge in [0.1, 0.15) is 12.4 Å². The van der Waals surface area contributed by atoms with E-state index in [2.05, 4.69) is 27.1 Å². The van der Waals surface area contributed by atoms with Gasteiger partial charge >= 0.3 is 6.18 Å². The first-order chi connectivity index (χ1) is 14.7. The molecule has 0 aliphatic carbocycles. The second-order valence-electron chi connectivity index (χ2n) is 6.03. The number of anilines is 1. The van der Waals surface area contributed by atoms with Gasteiger partial charge in [0.25, 0.3) is 11.8 Å². The fraction of sp³-hybridized carbons (Fsp3) is 0.211. The fourth-order valence-corrected chi connectivity index (χ4v) is 3.27. The molecule has 2 amide bonds. The topological polar surface area (TPSA) is 87.2 Å². The third-order valence-corrected chi connectivity index (χ3v) is 4.83. The van der Waals surface area contributed by atoms with Crippen LogP contribution in [0.15, 0.2) is 41.7 Å². The molecule has 1 aromatic carbocycles. The van der Waals surface area contributed by atoms with Crippen molar-refractivity contribution in [2.75, 3.05) is 24.2 Å². The van der Waals surface area contributed by atoms with Crippen molar-refractivity contribution < 1.29 is 22.8 Å². The number of hydrogen-bond acceptors (Lipinski definition) is 6. The second-order valence-corrected chi connectivity index (χ2v) is 7.38. The lowest BCUT2D eigenvalue weighted by Gasteiger charge is -2.11. The number of thioether (sulfide) groups is 1. The molecule has 0 fully saturated rings. The highest BCUT2D eigenvalue weighted by Crippen LogP contribution is 2.21. The van der Waals surface area contributed by atoms with Gasteiger partial charge in [-0.1, -0.05) is 35.7 Å². The van der Waals surface area contributed by atoms with Crippen molar-refractivity contribution in [1.29, 1.82) is 0 Å². The van der Waals surface area contributed by atoms with Gasteiger partial charge in [-0.3, -0.25) is 14.5 Å². The van der Waals surface area contributed by atoms with Gasteiger partial charge in [0.15, 0.2) is 10.3 Å². The van der Waals surface area contributed by atoms with Gasteiger partial charge in [0.2, 0.25) is 0 Å². The van der Waals surface area contributed by atoms with Crippen LogP contribution in [0.2, 0.25) is 0 Å². The standard InChI is InChI=1S/C19H14F3N5O2S2/c20-19(21,22)11-24-17(30)25-14-7-8-23-18(26-14)31-10-4-3-9-27-15(28)12-5-1-2-6-13(12)16(27)29/h1-2,5-8H,9-11H2,(H2,23,24,25,26,30). The van der Waals surface area contributed by atoms with Crippen molar-refractivity contribution in [3.8, 4) is 11.8 Å². The fourth-order valence-electron chi connectivity index (χ4n) is 2.49. The third kappa shape index (κ3) is 6.16. The molecule has 12 heteroatoms. The van der Waals surface area contributed by atoms with Gasteiger partial charge < -0.3 is 10.6 Å². The number of nitrogens with zero attached hydrogens (tertiary/aromatic N) is 3. The summed E-state index contributed by atoms with van der Waals surface area (Å²) in [6.45, 7) is -1.29. The average molecular weight is 465 g/mol. The molecule has 1 aromatic heterocycles. The lowest BCUT2D eigenvalue weighted by atomic mass is 10.1. The number of imide groups is 1. The highest BCUT2D eigenvalue weighted by atomic mass is 32.2. The van der Waals surface area contributed by atoms with Crippen molar-refractivity contribution in [1.82, 2.24) is 20.2 Å². The lowest BCUT2D eigenvalue weighted by Crippen LogP contribution is -2.36. The first kappa shape index (κ1) is 22.5. The van der Waals surface area contributed by atoms with Gasteiger partial charge in [0.05, 0.1) is 23.4 Å². The highest BCUT2D eigenvalue weighted by Gasteiger charge is 2.34. The van der Waals surface area contributed by atoms with E-state index in [-0.39, 0.29) is 35.0 Å². The molecule has 0 unspecified atom stereocenters. The average Bonchev–Trinajstić information content (AvgIpc) is 2.97. The van der Waals surface area contributed by atoms with E-state index in [0.29, 0.717) is 16.3 Å². The van der Waals surface area contributed by atoms with Gasteiger partial charge in [0, 0.05) is 6.20 Å². The Balaban J connectivity index is 1.48. The lowest BCUT2D eigenvalue weighted by molar-refractivity contribution is -0.121. The summed E-state index contributed by atoms with van der Waals surface area (Å²) in [7, 11) is 0. The molecule has 31 heavy (non-hydrogen) atoms. The number of hydrogen-bond donors (Lipinski definition) is 2. The highest BCUT2D eigenvalue weighted by molar-refractivity contribution is 7.99. The molecule has 3 rings (SSSR count). The van der Waals surface area contributed by atoms with Crippen LogP contribution in [-0.2, 0) is 0 Å². The number of amides is 2. The van der Waals surface area contributed by atoms with E-state index < -0.39 is 12.7 Å². The van der Waals surface area contributed by atoms with Crippen molar-refractivity contribution in [2.24, 2.45) is 0 Å². The van der Waals surface area contributed by atoms with E-state index in [1.807, 2.05) is 5.32 Å². The van der Waals surface area contributed by atoms with Crippen molar-refractivity contribution in [2.45, 2.75) is 11.3 Å². The third-order valence-electron chi connectivity index (χ3n) is 3.84. The maximum atomic E-state index is 12.2. The zero-order valence-electron chi connectivity index (χ0n) is 15.7. The zero-order chi connectivity index (χ0) is 22.4. The van der Waals surface area contributed by atoms with Crippen LogP contribution in [-0.4, -0.2) is 56.8 Å². The van der Waals surface area contributed by atoms with Crippen LogP contribution in [0.25, 0.3) is 0 Å². The first-order valence-electron chi connectivity index (χ1n) is 8.73. The molecular weight excluding hydrogens is 451 g/mol. The molecule has 160 valence electrons. The minimum atomic E-state index is -4.38. The number of thiocarbonyl (C=S) groups is 1. The molecule has 0 radical (unpaired) electrons. The molecule has 0 saturated heterocycles. The monoisotopic (exact) mass is 465 g/mol. The van der Waals surface area contributed by atoms with Crippen molar-refractivity contribution >= 4 is 46.7 Å². The molecule has 1 aliphatic heterocycles. The van der Waals surface area contributed by atoms with E-state index in [1.165, 1.54) is 24.0 Å². The van der Waals surface area contributed by atoms with E-state index in [9.17, 15) is 22.8 Å². The molecule has 0 spiro atoms. The van der Waals surface area contributed by atoms with Crippen LogP contribution < -0.4 is 10.6 Å². The number of rotatable bonds is 5. The Labute approximate surface area is 184 Å². The molecule has 1 aliphatic rings. The number of halogens is 3. The predicted molar refractivity (Wildman–Crippen MR) is 113 cm³/mol. The summed E-state index contributed by atoms with van der Waals surface area (Å²) in [4.78, 5) is 33.7. The molecule has 0 bridgehead atoms. The Kier molecular flexibility index (Phi) is 7.09. The minimum absolute atomic E-state index is 0.0332. The van der Waals surface area contributed by atoms with Crippen LogP contribution in [0.5, 0.6) is 0 Å². The normalized spacial score (nSPS) is 12.8. The Morgan fingerprint density at radius 1 is 1.13 bits per heavy atom. The Morgan fingerprint density at radius 3 is 2.45 bits per heavy atom. The van der Waals surface area contributed by atoms with Crippen molar-refractivity contribution in [3.63, 3.8) is 0 Å². The molecular formula is C19H14F3N5O2S2. The minimum Gasteiger partial charge on any atom is -0.353 e. The van der Waals surface area contributed by atoms with Gasteiger partial charge in [-0.15, -0.1) is 0 Å². The number of nitrogens with one attached hydrogen (secondary N) is 2. The summed E-state index contributed by atoms with van der Waals surface area (Å²) >= 11 is 5.98. The van der Waals surface area contributed by atoms with Gasteiger partial charge in [-0.05, 0) is 30.4 Å². The Bertz CT molecular complexity index is 1050. The van der Waals surface area contributed by atoms with Crippen LogP contribution in [0.1, 0.15) is 20.7 Å². The zero-order valence-corrected chi connectivity index (χ0v) is 17.3. The number of fused-ring (bicyclic) bond motifs is 1. The largest absolute Gasteiger partial charge is 0.405 e. The second kappa shape index (κ2) is 9.76. The molecule has 2 N–H and O–H groups in total. The maximum Gasteiger partial charge on any atom is 0.405 e. The van der Waals surface area contributed by atoms with Crippen molar-refractivity contribution in [3.05, 3.63) is 47.7 Å². The molecule has 2 heterocycles. The number of aromatic nitrogens is 2. The van der Waals surface area contributed by atoms with E-state index in [0.717, 1.165) is 4.90 Å². The van der Waals surface area contributed by atoms with Crippen LogP contribution in [0.4, 0.5) is 19.0 Å². The summed E-state index contributed by atoms with van der Waals surface area (Å²) in [5.41, 5.74) is 0.730. The van der Waals surface area contributed by atoms with E-state index in [4.69, 9.17) is 12.2 Å². The summed E-state index contributed by atoms with van der Waals surface area (Å²) in [5.74, 6) is 5.37. The number of benzene rings is 1. The van der Waals surface area contributed by atoms with Gasteiger partial charge in [-0.2, -0.15) is 13.2 Å². The number of carbonyl (C=O) groups is 2.